The molecule has 0 unspecified atom stereocenters. The second kappa shape index (κ2) is 6.27. The van der Waals surface area contributed by atoms with Crippen LogP contribution in [0.2, 0.25) is 0 Å². The van der Waals surface area contributed by atoms with Gasteiger partial charge in [0.15, 0.2) is 6.26 Å². The van der Waals surface area contributed by atoms with E-state index < -0.39 is 0 Å². The molecule has 0 atom stereocenters. The molecule has 0 spiro atoms. The second-order valence-electron chi connectivity index (χ2n) is 5.39. The van der Waals surface area contributed by atoms with Gasteiger partial charge in [-0.15, -0.1) is 11.3 Å². The van der Waals surface area contributed by atoms with Crippen LogP contribution >= 0.6 is 11.3 Å². The molecule has 0 amide bonds. The largest absolute Gasteiger partial charge is 0.452 e. The first-order valence-corrected chi connectivity index (χ1v) is 8.46. The van der Waals surface area contributed by atoms with Crippen molar-refractivity contribution in [3.05, 3.63) is 95.6 Å². The smallest absolute Gasteiger partial charge is 0.179 e. The molecule has 4 rings (SSSR count). The van der Waals surface area contributed by atoms with Crippen molar-refractivity contribution in [1.29, 1.82) is 0 Å². The Morgan fingerprint density at radius 2 is 1.57 bits per heavy atom. The highest BCUT2D eigenvalue weighted by Crippen LogP contribution is 2.37. The van der Waals surface area contributed by atoms with Crippen molar-refractivity contribution in [3.8, 4) is 21.8 Å². The van der Waals surface area contributed by atoms with E-state index in [0.717, 1.165) is 23.3 Å². The van der Waals surface area contributed by atoms with Crippen molar-refractivity contribution >= 4 is 11.3 Å². The van der Waals surface area contributed by atoms with Gasteiger partial charge < -0.3 is 4.42 Å². The van der Waals surface area contributed by atoms with Crippen LogP contribution in [-0.2, 0) is 6.42 Å². The maximum atomic E-state index is 5.86. The summed E-state index contributed by atoms with van der Waals surface area (Å²) in [5.41, 5.74) is 4.64. The van der Waals surface area contributed by atoms with E-state index in [2.05, 4.69) is 60.2 Å². The van der Waals surface area contributed by atoms with E-state index in [4.69, 9.17) is 4.42 Å². The van der Waals surface area contributed by atoms with Gasteiger partial charge >= 0.3 is 0 Å². The number of hydrogen-bond acceptors (Lipinski definition) is 2. The van der Waals surface area contributed by atoms with Crippen molar-refractivity contribution in [2.75, 3.05) is 0 Å². The topological polar surface area (TPSA) is 13.1 Å². The molecule has 1 radical (unpaired) electrons. The molecule has 2 heteroatoms. The first-order valence-electron chi connectivity index (χ1n) is 7.58. The first kappa shape index (κ1) is 14.0. The van der Waals surface area contributed by atoms with Gasteiger partial charge in [0.2, 0.25) is 0 Å². The molecule has 0 saturated carbocycles. The molecule has 0 fully saturated rings. The lowest BCUT2D eigenvalue weighted by Crippen LogP contribution is -1.91. The van der Waals surface area contributed by atoms with Crippen molar-refractivity contribution in [1.82, 2.24) is 0 Å². The van der Waals surface area contributed by atoms with Gasteiger partial charge in [0.1, 0.15) is 5.76 Å². The zero-order valence-corrected chi connectivity index (χ0v) is 13.3. The predicted octanol–water partition coefficient (Wildman–Crippen LogP) is 6.07. The molecule has 0 aliphatic carbocycles. The lowest BCUT2D eigenvalue weighted by Gasteiger charge is -2.06. The van der Waals surface area contributed by atoms with E-state index in [1.54, 1.807) is 11.3 Å². The molecule has 2 aromatic carbocycles. The summed E-state index contributed by atoms with van der Waals surface area (Å²) in [5.74, 6) is 0.915. The van der Waals surface area contributed by atoms with Crippen LogP contribution in [-0.4, -0.2) is 0 Å². The zero-order valence-electron chi connectivity index (χ0n) is 12.5. The fraction of sp³-hybridized carbons (Fsp3) is 0.0476. The van der Waals surface area contributed by atoms with Crippen LogP contribution in [0.25, 0.3) is 21.8 Å². The summed E-state index contributed by atoms with van der Waals surface area (Å²) in [5, 5.41) is 2.09. The Bertz CT molecular complexity index is 874. The van der Waals surface area contributed by atoms with Gasteiger partial charge in [-0.1, -0.05) is 66.7 Å². The van der Waals surface area contributed by atoms with Crippen molar-refractivity contribution < 1.29 is 4.42 Å². The molecule has 4 aromatic rings. The minimum absolute atomic E-state index is 0.839. The van der Waals surface area contributed by atoms with Crippen LogP contribution in [0, 0.1) is 6.26 Å². The highest BCUT2D eigenvalue weighted by Gasteiger charge is 2.18. The van der Waals surface area contributed by atoms with Gasteiger partial charge in [-0.25, -0.2) is 0 Å². The molecule has 1 nitrogen and oxygen atoms in total. The monoisotopic (exact) mass is 315 g/mol. The van der Waals surface area contributed by atoms with Crippen molar-refractivity contribution in [2.24, 2.45) is 0 Å². The van der Waals surface area contributed by atoms with Gasteiger partial charge in [0.05, 0.1) is 0 Å². The Morgan fingerprint density at radius 1 is 0.826 bits per heavy atom. The minimum Gasteiger partial charge on any atom is -0.452 e. The lowest BCUT2D eigenvalue weighted by molar-refractivity contribution is 0.572. The fourth-order valence-corrected chi connectivity index (χ4v) is 3.49. The Kier molecular flexibility index (Phi) is 3.83. The molecule has 0 aliphatic rings. The maximum Gasteiger partial charge on any atom is 0.179 e. The van der Waals surface area contributed by atoms with Crippen molar-refractivity contribution in [2.45, 2.75) is 6.42 Å². The van der Waals surface area contributed by atoms with Crippen LogP contribution in [0.1, 0.15) is 11.1 Å². The van der Waals surface area contributed by atoms with E-state index in [1.807, 2.05) is 24.3 Å². The zero-order chi connectivity index (χ0) is 15.5. The Morgan fingerprint density at radius 3 is 2.26 bits per heavy atom. The lowest BCUT2D eigenvalue weighted by atomic mass is 9.98. The van der Waals surface area contributed by atoms with E-state index in [1.165, 1.54) is 16.0 Å². The fourth-order valence-electron chi connectivity index (χ4n) is 2.75. The molecule has 0 bridgehead atoms. The van der Waals surface area contributed by atoms with E-state index in [-0.39, 0.29) is 0 Å². The summed E-state index contributed by atoms with van der Waals surface area (Å²) in [6, 6.07) is 24.9. The molecular weight excluding hydrogens is 300 g/mol. The van der Waals surface area contributed by atoms with Gasteiger partial charge in [0.25, 0.3) is 0 Å². The molecule has 23 heavy (non-hydrogen) atoms. The van der Waals surface area contributed by atoms with Gasteiger partial charge in [-0.05, 0) is 17.0 Å². The van der Waals surface area contributed by atoms with Crippen molar-refractivity contribution in [3.63, 3.8) is 0 Å². The summed E-state index contributed by atoms with van der Waals surface area (Å²) in [6.45, 7) is 0. The number of thiophene rings is 1. The molecule has 0 aliphatic heterocycles. The SMILES string of the molecule is [c]1oc(-c2ccccc2)c(Cc2ccccc2)c1-c1cccs1. The third-order valence-corrected chi connectivity index (χ3v) is 4.75. The predicted molar refractivity (Wildman–Crippen MR) is 95.5 cm³/mol. The quantitative estimate of drug-likeness (QED) is 0.446. The van der Waals surface area contributed by atoms with Gasteiger partial charge in [-0.3, -0.25) is 0 Å². The summed E-state index contributed by atoms with van der Waals surface area (Å²) in [7, 11) is 0. The van der Waals surface area contributed by atoms with Crippen LogP contribution in [0.15, 0.2) is 82.6 Å². The molecule has 0 saturated heterocycles. The Hall–Kier alpha value is -2.58. The average molecular weight is 315 g/mol. The van der Waals surface area contributed by atoms with Gasteiger partial charge in [-0.2, -0.15) is 0 Å². The summed E-state index contributed by atoms with van der Waals surface area (Å²) in [6.07, 6.45) is 3.97. The highest BCUT2D eigenvalue weighted by molar-refractivity contribution is 7.13. The number of benzene rings is 2. The summed E-state index contributed by atoms with van der Waals surface area (Å²) < 4.78 is 5.86. The van der Waals surface area contributed by atoms with E-state index in [0.29, 0.717) is 0 Å². The van der Waals surface area contributed by atoms with Gasteiger partial charge in [0, 0.05) is 28.0 Å². The third-order valence-electron chi connectivity index (χ3n) is 3.86. The maximum absolute atomic E-state index is 5.86. The Balaban J connectivity index is 1.84. The third kappa shape index (κ3) is 2.86. The van der Waals surface area contributed by atoms with E-state index >= 15 is 0 Å². The van der Waals surface area contributed by atoms with E-state index in [9.17, 15) is 0 Å². The second-order valence-corrected chi connectivity index (χ2v) is 6.34. The summed E-state index contributed by atoms with van der Waals surface area (Å²) in [4.78, 5) is 1.20. The van der Waals surface area contributed by atoms with Crippen LogP contribution < -0.4 is 0 Å². The Labute approximate surface area is 139 Å². The first-order chi connectivity index (χ1) is 11.4. The molecule has 111 valence electrons. The van der Waals surface area contributed by atoms with Crippen LogP contribution in [0.4, 0.5) is 0 Å². The molecule has 0 N–H and O–H groups in total. The number of rotatable bonds is 4. The minimum atomic E-state index is 0.839. The summed E-state index contributed by atoms with van der Waals surface area (Å²) >= 11 is 1.72. The average Bonchev–Trinajstić information content (AvgIpc) is 3.26. The normalized spacial score (nSPS) is 10.8. The molecule has 2 heterocycles. The number of furan rings is 1. The molecule has 2 aromatic heterocycles. The van der Waals surface area contributed by atoms with Crippen LogP contribution in [0.3, 0.4) is 0 Å². The highest BCUT2D eigenvalue weighted by atomic mass is 32.1. The standard InChI is InChI=1S/C21H15OS/c1-3-8-16(9-4-1)14-18-19(20-12-7-13-23-20)15-22-21(18)17-10-5-2-6-11-17/h1-13H,14H2. The molecular formula is C21H15OS. The van der Waals surface area contributed by atoms with Crippen LogP contribution in [0.5, 0.6) is 0 Å². The number of hydrogen-bond donors (Lipinski definition) is 0.